The summed E-state index contributed by atoms with van der Waals surface area (Å²) in [6, 6.07) is 0. The number of halogens is 15. The van der Waals surface area contributed by atoms with Gasteiger partial charge >= 0.3 is 0 Å². The highest BCUT2D eigenvalue weighted by atomic mass is 19.2. The van der Waals surface area contributed by atoms with E-state index in [1.54, 1.807) is 0 Å². The zero-order chi connectivity index (χ0) is 30.5. The van der Waals surface area contributed by atoms with Crippen molar-refractivity contribution in [2.24, 2.45) is 0 Å². The van der Waals surface area contributed by atoms with Gasteiger partial charge in [0.25, 0.3) is 0 Å². The summed E-state index contributed by atoms with van der Waals surface area (Å²) < 4.78 is 217. The van der Waals surface area contributed by atoms with Crippen LogP contribution in [0.5, 0.6) is 0 Å². The maximum Gasteiger partial charge on any atom is 0.200 e. The summed E-state index contributed by atoms with van der Waals surface area (Å²) >= 11 is 0. The SMILES string of the molecule is CCC(CC)=C([BH-](c1c(F)c(F)c(F)c(F)c1F)c1c(F)c(F)c(F)c(F)c1F)c1c(F)c(F)c(F)c(F)c1F. The van der Waals surface area contributed by atoms with Crippen LogP contribution in [0.25, 0.3) is 5.47 Å². The summed E-state index contributed by atoms with van der Waals surface area (Å²) in [5.41, 5.74) is -9.06. The predicted octanol–water partition coefficient (Wildman–Crippen LogP) is 6.93. The summed E-state index contributed by atoms with van der Waals surface area (Å²) in [6.07, 6.45) is -1.20. The van der Waals surface area contributed by atoms with E-state index >= 15 is 17.6 Å². The van der Waals surface area contributed by atoms with Gasteiger partial charge in [-0.15, -0.1) is 16.5 Å². The van der Waals surface area contributed by atoms with Gasteiger partial charge in [0.1, 0.15) is 23.3 Å². The smallest absolute Gasteiger partial charge is 0.200 e. The van der Waals surface area contributed by atoms with Crippen molar-refractivity contribution in [3.63, 3.8) is 0 Å². The first-order valence-electron chi connectivity index (χ1n) is 11.0. The average molecular weight is 595 g/mol. The molecular formula is C24H11BF15-. The average Bonchev–Trinajstić information content (AvgIpc) is 2.94. The maximum atomic E-state index is 15.0. The number of rotatable bonds is 6. The van der Waals surface area contributed by atoms with Gasteiger partial charge < -0.3 is 0 Å². The van der Waals surface area contributed by atoms with E-state index < -0.39 is 134 Å². The molecule has 0 atom stereocenters. The first-order chi connectivity index (χ1) is 18.6. The molecule has 0 bridgehead atoms. The van der Waals surface area contributed by atoms with E-state index in [-0.39, 0.29) is 0 Å². The quantitative estimate of drug-likeness (QED) is 0.126. The van der Waals surface area contributed by atoms with E-state index in [1.807, 2.05) is 0 Å². The van der Waals surface area contributed by atoms with Crippen LogP contribution in [0.2, 0.25) is 0 Å². The summed E-state index contributed by atoms with van der Waals surface area (Å²) in [7, 11) is 0. The second-order valence-corrected chi connectivity index (χ2v) is 8.36. The van der Waals surface area contributed by atoms with Gasteiger partial charge in [0.15, 0.2) is 58.2 Å². The minimum absolute atomic E-state index is 0.598. The standard InChI is InChI=1S/C24H11BF15/c1-3-5(4-2)7(6-10(26)16(32)22(38)17(33)11(6)27)25(8-12(28)18(34)23(39)19(35)13(8)29)9-14(30)20(36)24(40)21(37)15(9)31/h25H,3-4H2,1-2H3/q-1. The van der Waals surface area contributed by atoms with Crippen LogP contribution in [0.3, 0.4) is 0 Å². The molecule has 0 radical (unpaired) electrons. The molecule has 0 amide bonds. The molecule has 0 unspecified atom stereocenters. The highest BCUT2D eigenvalue weighted by molar-refractivity contribution is 7.00. The molecule has 0 N–H and O–H groups in total. The van der Waals surface area contributed by atoms with Crippen LogP contribution < -0.4 is 10.9 Å². The van der Waals surface area contributed by atoms with Crippen LogP contribution in [0.15, 0.2) is 5.57 Å². The molecule has 216 valence electrons. The Morgan fingerprint density at radius 1 is 0.375 bits per heavy atom. The molecule has 0 aliphatic heterocycles. The molecule has 0 aliphatic rings. The normalized spacial score (nSPS) is 11.6. The Morgan fingerprint density at radius 2 is 0.600 bits per heavy atom. The second kappa shape index (κ2) is 11.1. The fraction of sp³-hybridized carbons (Fsp3) is 0.167. The molecule has 3 aromatic carbocycles. The lowest BCUT2D eigenvalue weighted by Gasteiger charge is -2.34. The molecule has 0 saturated carbocycles. The first kappa shape index (κ1) is 30.9. The molecule has 0 fully saturated rings. The van der Waals surface area contributed by atoms with Crippen molar-refractivity contribution in [2.75, 3.05) is 0 Å². The monoisotopic (exact) mass is 595 g/mol. The highest BCUT2D eigenvalue weighted by Crippen LogP contribution is 2.35. The Labute approximate surface area is 214 Å². The largest absolute Gasteiger partial charge is 0.207 e. The fourth-order valence-corrected chi connectivity index (χ4v) is 4.60. The molecule has 40 heavy (non-hydrogen) atoms. The Morgan fingerprint density at radius 3 is 0.850 bits per heavy atom. The number of hydrogen-bond acceptors (Lipinski definition) is 0. The minimum atomic E-state index is -4.81. The zero-order valence-electron chi connectivity index (χ0n) is 19.8. The molecule has 0 aromatic heterocycles. The van der Waals surface area contributed by atoms with Gasteiger partial charge in [0.2, 0.25) is 5.82 Å². The first-order valence-corrected chi connectivity index (χ1v) is 11.0. The van der Waals surface area contributed by atoms with Crippen molar-refractivity contribution in [1.29, 1.82) is 0 Å². The maximum absolute atomic E-state index is 15.0. The van der Waals surface area contributed by atoms with Gasteiger partial charge in [-0.25, -0.2) is 65.9 Å². The van der Waals surface area contributed by atoms with Gasteiger partial charge in [-0.05, 0) is 12.8 Å². The van der Waals surface area contributed by atoms with Gasteiger partial charge in [-0.2, -0.15) is 5.47 Å². The van der Waals surface area contributed by atoms with Crippen LogP contribution in [0, 0.1) is 87.3 Å². The third-order valence-electron chi connectivity index (χ3n) is 6.45. The van der Waals surface area contributed by atoms with Crippen molar-refractivity contribution in [3.05, 3.63) is 98.4 Å². The number of allylic oxidation sites excluding steroid dienone is 1. The van der Waals surface area contributed by atoms with Crippen LogP contribution in [0.1, 0.15) is 32.3 Å². The third-order valence-corrected chi connectivity index (χ3v) is 6.45. The summed E-state index contributed by atoms with van der Waals surface area (Å²) in [5.74, 6) is -42.3. The molecule has 0 saturated heterocycles. The summed E-state index contributed by atoms with van der Waals surface area (Å²) in [5, 5.41) is 0. The zero-order valence-corrected chi connectivity index (χ0v) is 19.8. The van der Waals surface area contributed by atoms with E-state index in [0.717, 1.165) is 13.8 Å². The third kappa shape index (κ3) is 4.50. The molecule has 0 nitrogen and oxygen atoms in total. The van der Waals surface area contributed by atoms with Gasteiger partial charge in [0.05, 0.1) is 6.71 Å². The fourth-order valence-electron chi connectivity index (χ4n) is 4.60. The Kier molecular flexibility index (Phi) is 8.60. The molecule has 0 aliphatic carbocycles. The van der Waals surface area contributed by atoms with Crippen LogP contribution >= 0.6 is 0 Å². The van der Waals surface area contributed by atoms with E-state index in [0.29, 0.717) is 0 Å². The van der Waals surface area contributed by atoms with Crippen LogP contribution in [0.4, 0.5) is 65.9 Å². The lowest BCUT2D eigenvalue weighted by atomic mass is 9.33. The van der Waals surface area contributed by atoms with Crippen molar-refractivity contribution < 1.29 is 65.9 Å². The van der Waals surface area contributed by atoms with Crippen LogP contribution in [-0.2, 0) is 0 Å². The van der Waals surface area contributed by atoms with Crippen LogP contribution in [-0.4, -0.2) is 6.71 Å². The lowest BCUT2D eigenvalue weighted by molar-refractivity contribution is 0.376. The van der Waals surface area contributed by atoms with Gasteiger partial charge in [0, 0.05) is 5.56 Å². The molecule has 16 heteroatoms. The van der Waals surface area contributed by atoms with Crippen molar-refractivity contribution >= 4 is 23.1 Å². The van der Waals surface area contributed by atoms with Crippen molar-refractivity contribution in [2.45, 2.75) is 26.7 Å². The second-order valence-electron chi connectivity index (χ2n) is 8.36. The van der Waals surface area contributed by atoms with Crippen molar-refractivity contribution in [3.8, 4) is 0 Å². The van der Waals surface area contributed by atoms with E-state index in [4.69, 9.17) is 0 Å². The number of hydrogen-bond donors (Lipinski definition) is 0. The van der Waals surface area contributed by atoms with Gasteiger partial charge in [-0.1, -0.05) is 13.8 Å². The lowest BCUT2D eigenvalue weighted by Crippen LogP contribution is -2.52. The Balaban J connectivity index is 2.79. The molecule has 0 spiro atoms. The van der Waals surface area contributed by atoms with E-state index in [1.165, 1.54) is 0 Å². The highest BCUT2D eigenvalue weighted by Gasteiger charge is 2.37. The molecule has 3 aromatic rings. The Bertz CT molecular complexity index is 1420. The van der Waals surface area contributed by atoms with E-state index in [9.17, 15) is 48.3 Å². The molecule has 0 heterocycles. The summed E-state index contributed by atoms with van der Waals surface area (Å²) in [6.45, 7) is -2.65. The van der Waals surface area contributed by atoms with Crippen molar-refractivity contribution in [1.82, 2.24) is 0 Å². The summed E-state index contributed by atoms with van der Waals surface area (Å²) in [4.78, 5) is 0. The topological polar surface area (TPSA) is 0 Å². The van der Waals surface area contributed by atoms with E-state index in [2.05, 4.69) is 0 Å². The minimum Gasteiger partial charge on any atom is -0.207 e. The molecular weight excluding hydrogens is 584 g/mol. The van der Waals surface area contributed by atoms with Gasteiger partial charge in [-0.3, -0.25) is 0 Å². The predicted molar refractivity (Wildman–Crippen MR) is 113 cm³/mol. The number of benzene rings is 3. The Hall–Kier alpha value is -3.59. The molecule has 3 rings (SSSR count).